The maximum Gasteiger partial charge on any atom is 0.0445 e. The summed E-state index contributed by atoms with van der Waals surface area (Å²) in [6.45, 7) is 4.51. The van der Waals surface area contributed by atoms with Crippen molar-refractivity contribution in [3.63, 3.8) is 0 Å². The second kappa shape index (κ2) is 5.69. The number of aliphatic hydroxyl groups is 1. The maximum absolute atomic E-state index is 8.60. The van der Waals surface area contributed by atoms with E-state index in [2.05, 4.69) is 13.8 Å². The average Bonchev–Trinajstić information content (AvgIpc) is 1.91. The van der Waals surface area contributed by atoms with Gasteiger partial charge in [-0.2, -0.15) is 0 Å². The molecule has 0 saturated heterocycles. The Morgan fingerprint density at radius 2 is 1.80 bits per heavy atom. The fourth-order valence-corrected chi connectivity index (χ4v) is 1.28. The summed E-state index contributed by atoms with van der Waals surface area (Å²) in [4.78, 5) is 0. The lowest BCUT2D eigenvalue weighted by Gasteiger charge is -2.19. The molecule has 0 fully saturated rings. The second-order valence-corrected chi connectivity index (χ2v) is 2.75. The van der Waals surface area contributed by atoms with Crippen LogP contribution in [0.1, 0.15) is 33.1 Å². The van der Waals surface area contributed by atoms with E-state index in [1.807, 2.05) is 0 Å². The van der Waals surface area contributed by atoms with Crippen molar-refractivity contribution in [1.82, 2.24) is 0 Å². The number of hydrogen-bond donors (Lipinski definition) is 2. The highest BCUT2D eigenvalue weighted by molar-refractivity contribution is 4.69. The average molecular weight is 145 g/mol. The third-order valence-corrected chi connectivity index (χ3v) is 2.12. The van der Waals surface area contributed by atoms with Crippen molar-refractivity contribution in [3.05, 3.63) is 0 Å². The number of rotatable bonds is 5. The molecule has 0 spiro atoms. The van der Waals surface area contributed by atoms with Crippen LogP contribution in [0.4, 0.5) is 0 Å². The molecule has 0 bridgehead atoms. The molecule has 0 amide bonds. The zero-order valence-electron chi connectivity index (χ0n) is 7.01. The molecule has 0 aromatic carbocycles. The van der Waals surface area contributed by atoms with Gasteiger partial charge in [-0.15, -0.1) is 0 Å². The van der Waals surface area contributed by atoms with E-state index >= 15 is 0 Å². The minimum Gasteiger partial charge on any atom is -0.396 e. The summed E-state index contributed by atoms with van der Waals surface area (Å²) in [6.07, 6.45) is 2.99. The third kappa shape index (κ3) is 3.18. The molecular weight excluding hydrogens is 126 g/mol. The van der Waals surface area contributed by atoms with Crippen LogP contribution < -0.4 is 5.73 Å². The van der Waals surface area contributed by atoms with Crippen molar-refractivity contribution in [2.75, 3.05) is 6.61 Å². The summed E-state index contributed by atoms with van der Waals surface area (Å²) in [5.41, 5.74) is 5.79. The lowest BCUT2D eigenvalue weighted by molar-refractivity contribution is 0.250. The summed E-state index contributed by atoms with van der Waals surface area (Å²) in [5, 5.41) is 8.60. The normalized spacial score (nSPS) is 14.1. The largest absolute Gasteiger partial charge is 0.396 e. The molecule has 0 unspecified atom stereocenters. The highest BCUT2D eigenvalue weighted by Crippen LogP contribution is 2.12. The molecule has 10 heavy (non-hydrogen) atoms. The predicted molar refractivity (Wildman–Crippen MR) is 43.8 cm³/mol. The Labute approximate surface area is 63.4 Å². The highest BCUT2D eigenvalue weighted by Gasteiger charge is 2.12. The van der Waals surface area contributed by atoms with E-state index < -0.39 is 0 Å². The van der Waals surface area contributed by atoms with Gasteiger partial charge in [-0.05, 0) is 12.3 Å². The number of nitrogens with two attached hydrogens (primary N) is 1. The predicted octanol–water partition coefficient (Wildman–Crippen LogP) is 1.13. The van der Waals surface area contributed by atoms with Crippen molar-refractivity contribution in [3.8, 4) is 0 Å². The fraction of sp³-hybridized carbons (Fsp3) is 1.00. The molecule has 0 rings (SSSR count). The molecule has 1 atom stereocenters. The maximum atomic E-state index is 8.60. The monoisotopic (exact) mass is 145 g/mol. The Morgan fingerprint density at radius 1 is 1.30 bits per heavy atom. The molecule has 3 N–H and O–H groups in total. The Kier molecular flexibility index (Phi) is 5.64. The van der Waals surface area contributed by atoms with E-state index in [-0.39, 0.29) is 12.6 Å². The van der Waals surface area contributed by atoms with E-state index in [0.717, 1.165) is 19.3 Å². The molecule has 0 aliphatic rings. The summed E-state index contributed by atoms with van der Waals surface area (Å²) in [5.74, 6) is 0.590. The fourth-order valence-electron chi connectivity index (χ4n) is 1.28. The van der Waals surface area contributed by atoms with Gasteiger partial charge < -0.3 is 10.8 Å². The van der Waals surface area contributed by atoms with Crippen LogP contribution in [-0.2, 0) is 0 Å². The van der Waals surface area contributed by atoms with Gasteiger partial charge in [0.1, 0.15) is 0 Å². The SMILES string of the molecule is CCC(CC)[C@H](N)CCO. The Hall–Kier alpha value is -0.0800. The topological polar surface area (TPSA) is 46.2 Å². The number of hydrogen-bond acceptors (Lipinski definition) is 2. The van der Waals surface area contributed by atoms with E-state index in [1.54, 1.807) is 0 Å². The summed E-state index contributed by atoms with van der Waals surface area (Å²) in [7, 11) is 0. The van der Waals surface area contributed by atoms with E-state index in [4.69, 9.17) is 10.8 Å². The first-order valence-corrected chi connectivity index (χ1v) is 4.12. The molecule has 0 aliphatic heterocycles. The van der Waals surface area contributed by atoms with Crippen LogP contribution in [0.5, 0.6) is 0 Å². The van der Waals surface area contributed by atoms with Gasteiger partial charge in [-0.25, -0.2) is 0 Å². The molecule has 0 aromatic heterocycles. The smallest absolute Gasteiger partial charge is 0.0445 e. The van der Waals surface area contributed by atoms with Gasteiger partial charge in [-0.3, -0.25) is 0 Å². The van der Waals surface area contributed by atoms with E-state index in [1.165, 1.54) is 0 Å². The van der Waals surface area contributed by atoms with Crippen LogP contribution in [-0.4, -0.2) is 17.8 Å². The zero-order valence-corrected chi connectivity index (χ0v) is 7.01. The molecule has 0 aromatic rings. The van der Waals surface area contributed by atoms with Crippen molar-refractivity contribution in [1.29, 1.82) is 0 Å². The second-order valence-electron chi connectivity index (χ2n) is 2.75. The Bertz CT molecular complexity index is 71.7. The van der Waals surface area contributed by atoms with Gasteiger partial charge in [0.15, 0.2) is 0 Å². The van der Waals surface area contributed by atoms with Crippen LogP contribution in [0.3, 0.4) is 0 Å². The minimum atomic E-state index is 0.194. The number of aliphatic hydroxyl groups excluding tert-OH is 1. The van der Waals surface area contributed by atoms with Gasteiger partial charge in [0.25, 0.3) is 0 Å². The van der Waals surface area contributed by atoms with Crippen LogP contribution in [0.25, 0.3) is 0 Å². The van der Waals surface area contributed by atoms with Crippen molar-refractivity contribution in [2.45, 2.75) is 39.2 Å². The van der Waals surface area contributed by atoms with Gasteiger partial charge >= 0.3 is 0 Å². The van der Waals surface area contributed by atoms with Gasteiger partial charge in [0, 0.05) is 12.6 Å². The first-order chi connectivity index (χ1) is 4.76. The van der Waals surface area contributed by atoms with Crippen LogP contribution >= 0.6 is 0 Å². The quantitative estimate of drug-likeness (QED) is 0.609. The van der Waals surface area contributed by atoms with E-state index in [9.17, 15) is 0 Å². The molecule has 2 heteroatoms. The van der Waals surface area contributed by atoms with Crippen LogP contribution in [0.2, 0.25) is 0 Å². The molecule has 0 radical (unpaired) electrons. The first kappa shape index (κ1) is 9.92. The van der Waals surface area contributed by atoms with Gasteiger partial charge in [-0.1, -0.05) is 26.7 Å². The highest BCUT2D eigenvalue weighted by atomic mass is 16.3. The summed E-state index contributed by atoms with van der Waals surface area (Å²) >= 11 is 0. The Balaban J connectivity index is 3.53. The third-order valence-electron chi connectivity index (χ3n) is 2.12. The lowest BCUT2D eigenvalue weighted by atomic mass is 9.93. The molecule has 62 valence electrons. The minimum absolute atomic E-state index is 0.194. The van der Waals surface area contributed by atoms with Crippen LogP contribution in [0.15, 0.2) is 0 Å². The zero-order chi connectivity index (χ0) is 7.98. The van der Waals surface area contributed by atoms with Gasteiger partial charge in [0.05, 0.1) is 0 Å². The molecular formula is C8H19NO. The summed E-state index contributed by atoms with van der Waals surface area (Å²) < 4.78 is 0. The molecule has 0 heterocycles. The molecule has 0 saturated carbocycles. The van der Waals surface area contributed by atoms with Crippen molar-refractivity contribution in [2.24, 2.45) is 11.7 Å². The van der Waals surface area contributed by atoms with E-state index in [0.29, 0.717) is 5.92 Å². The Morgan fingerprint density at radius 3 is 2.10 bits per heavy atom. The molecule has 0 aliphatic carbocycles. The standard InChI is InChI=1S/C8H19NO/c1-3-7(4-2)8(9)5-6-10/h7-8,10H,3-6,9H2,1-2H3/t8-/m1/s1. The lowest BCUT2D eigenvalue weighted by Crippen LogP contribution is -2.30. The molecule has 2 nitrogen and oxygen atoms in total. The summed E-state index contributed by atoms with van der Waals surface area (Å²) in [6, 6.07) is 0.194. The van der Waals surface area contributed by atoms with Crippen molar-refractivity contribution >= 4 is 0 Å². The van der Waals surface area contributed by atoms with Crippen molar-refractivity contribution < 1.29 is 5.11 Å². The first-order valence-electron chi connectivity index (χ1n) is 4.12. The van der Waals surface area contributed by atoms with Crippen LogP contribution in [0, 0.1) is 5.92 Å². The van der Waals surface area contributed by atoms with Gasteiger partial charge in [0.2, 0.25) is 0 Å².